The number of anilines is 1. The van der Waals surface area contributed by atoms with E-state index in [2.05, 4.69) is 16.4 Å². The van der Waals surface area contributed by atoms with Gasteiger partial charge in [-0.1, -0.05) is 6.07 Å². The molecule has 0 radical (unpaired) electrons. The fourth-order valence-corrected chi connectivity index (χ4v) is 2.90. The van der Waals surface area contributed by atoms with Crippen LogP contribution in [0.3, 0.4) is 0 Å². The van der Waals surface area contributed by atoms with Crippen molar-refractivity contribution in [2.24, 2.45) is 0 Å². The van der Waals surface area contributed by atoms with Crippen LogP contribution in [0.15, 0.2) is 28.5 Å². The van der Waals surface area contributed by atoms with Crippen LogP contribution in [0.2, 0.25) is 0 Å². The fourth-order valence-electron chi connectivity index (χ4n) is 1.62. The molecule has 0 unspecified atom stereocenters. The molecule has 1 aromatic heterocycles. The molecule has 1 heterocycles. The molecule has 0 atom stereocenters. The summed E-state index contributed by atoms with van der Waals surface area (Å²) in [5.74, 6) is 0. The Labute approximate surface area is 115 Å². The van der Waals surface area contributed by atoms with E-state index in [0.717, 1.165) is 21.3 Å². The summed E-state index contributed by atoms with van der Waals surface area (Å²) in [5, 5.41) is 15.6. The Kier molecular flexibility index (Phi) is 4.24. The van der Waals surface area contributed by atoms with Gasteiger partial charge in [-0.05, 0) is 25.3 Å². The number of thiazole rings is 1. The first kappa shape index (κ1) is 12.9. The van der Waals surface area contributed by atoms with Gasteiger partial charge in [0.05, 0.1) is 17.8 Å². The molecule has 0 aliphatic rings. The monoisotopic (exact) mass is 275 g/mol. The van der Waals surface area contributed by atoms with Crippen LogP contribution < -0.4 is 5.32 Å². The predicted molar refractivity (Wildman–Crippen MR) is 77.1 cm³/mol. The molecule has 92 valence electrons. The van der Waals surface area contributed by atoms with Gasteiger partial charge in [-0.2, -0.15) is 5.26 Å². The molecule has 0 saturated carbocycles. The third kappa shape index (κ3) is 2.84. The Bertz CT molecular complexity index is 584. The lowest BCUT2D eigenvalue weighted by molar-refractivity contribution is 1.07. The largest absolute Gasteiger partial charge is 0.377 e. The van der Waals surface area contributed by atoms with Gasteiger partial charge in [0.25, 0.3) is 0 Å². The highest BCUT2D eigenvalue weighted by Gasteiger charge is 2.07. The highest BCUT2D eigenvalue weighted by Crippen LogP contribution is 2.26. The lowest BCUT2D eigenvalue weighted by Gasteiger charge is -2.09. The van der Waals surface area contributed by atoms with Gasteiger partial charge in [-0.15, -0.1) is 23.1 Å². The van der Waals surface area contributed by atoms with Crippen molar-refractivity contribution in [2.75, 3.05) is 11.6 Å². The Morgan fingerprint density at radius 3 is 2.94 bits per heavy atom. The first-order chi connectivity index (χ1) is 8.74. The van der Waals surface area contributed by atoms with Crippen LogP contribution in [0.1, 0.15) is 16.3 Å². The van der Waals surface area contributed by atoms with Gasteiger partial charge in [0.2, 0.25) is 0 Å². The Hall–Kier alpha value is -1.51. The van der Waals surface area contributed by atoms with Gasteiger partial charge in [0.15, 0.2) is 0 Å². The number of nitriles is 1. The van der Waals surface area contributed by atoms with Gasteiger partial charge < -0.3 is 5.32 Å². The van der Waals surface area contributed by atoms with Gasteiger partial charge in [-0.25, -0.2) is 4.98 Å². The summed E-state index contributed by atoms with van der Waals surface area (Å²) in [6.45, 7) is 2.64. The van der Waals surface area contributed by atoms with Crippen LogP contribution in [0, 0.1) is 18.3 Å². The maximum absolute atomic E-state index is 9.22. The molecular formula is C13H13N3S2. The van der Waals surface area contributed by atoms with Crippen molar-refractivity contribution in [3.63, 3.8) is 0 Å². The number of nitrogens with zero attached hydrogens (tertiary/aromatic N) is 2. The lowest BCUT2D eigenvalue weighted by atomic mass is 10.2. The maximum Gasteiger partial charge on any atom is 0.112 e. The Balaban J connectivity index is 2.17. The zero-order valence-electron chi connectivity index (χ0n) is 10.2. The van der Waals surface area contributed by atoms with E-state index in [1.807, 2.05) is 36.8 Å². The second-order valence-electron chi connectivity index (χ2n) is 3.73. The van der Waals surface area contributed by atoms with Crippen molar-refractivity contribution >= 4 is 28.8 Å². The zero-order valence-corrected chi connectivity index (χ0v) is 11.9. The highest BCUT2D eigenvalue weighted by molar-refractivity contribution is 7.98. The number of benzene rings is 1. The van der Waals surface area contributed by atoms with Crippen molar-refractivity contribution < 1.29 is 0 Å². The van der Waals surface area contributed by atoms with E-state index < -0.39 is 0 Å². The van der Waals surface area contributed by atoms with Crippen LogP contribution in [0.4, 0.5) is 5.69 Å². The average Bonchev–Trinajstić information content (AvgIpc) is 2.81. The van der Waals surface area contributed by atoms with Gasteiger partial charge >= 0.3 is 0 Å². The third-order valence-corrected chi connectivity index (χ3v) is 4.20. The first-order valence-corrected chi connectivity index (χ1v) is 7.57. The first-order valence-electron chi connectivity index (χ1n) is 5.46. The molecule has 0 aliphatic carbocycles. The van der Waals surface area contributed by atoms with Crippen LogP contribution in [-0.4, -0.2) is 11.2 Å². The number of nitrogens with one attached hydrogen (secondary N) is 1. The second kappa shape index (κ2) is 5.89. The molecule has 0 aliphatic heterocycles. The van der Waals surface area contributed by atoms with Crippen LogP contribution in [-0.2, 0) is 6.54 Å². The smallest absolute Gasteiger partial charge is 0.112 e. The molecule has 18 heavy (non-hydrogen) atoms. The van der Waals surface area contributed by atoms with Gasteiger partial charge in [-0.3, -0.25) is 0 Å². The normalized spacial score (nSPS) is 10.1. The summed E-state index contributed by atoms with van der Waals surface area (Å²) in [6, 6.07) is 8.11. The number of rotatable bonds is 4. The van der Waals surface area contributed by atoms with E-state index in [0.29, 0.717) is 12.1 Å². The van der Waals surface area contributed by atoms with Crippen LogP contribution in [0.5, 0.6) is 0 Å². The summed E-state index contributed by atoms with van der Waals surface area (Å²) in [6.07, 6.45) is 1.98. The van der Waals surface area contributed by atoms with Crippen LogP contribution in [0.25, 0.3) is 0 Å². The number of aryl methyl sites for hydroxylation is 1. The lowest BCUT2D eigenvalue weighted by Crippen LogP contribution is -2.01. The average molecular weight is 275 g/mol. The van der Waals surface area contributed by atoms with Crippen molar-refractivity contribution in [3.05, 3.63) is 39.8 Å². The molecule has 0 saturated heterocycles. The zero-order chi connectivity index (χ0) is 13.0. The minimum atomic E-state index is 0.658. The predicted octanol–water partition coefficient (Wildman–Crippen LogP) is 3.66. The third-order valence-electron chi connectivity index (χ3n) is 2.45. The molecule has 1 aromatic carbocycles. The standard InChI is InChI=1S/C13H13N3S2/c1-9-8-18-13(16-9)7-15-11-4-3-5-12(17-2)10(11)6-14/h3-5,8,15H,7H2,1-2H3. The number of hydrogen-bond donors (Lipinski definition) is 1. The molecule has 1 N–H and O–H groups in total. The topological polar surface area (TPSA) is 48.7 Å². The molecule has 5 heteroatoms. The molecule has 0 fully saturated rings. The van der Waals surface area contributed by atoms with Crippen molar-refractivity contribution in [3.8, 4) is 6.07 Å². The minimum absolute atomic E-state index is 0.658. The Morgan fingerprint density at radius 2 is 2.33 bits per heavy atom. The summed E-state index contributed by atoms with van der Waals surface area (Å²) >= 11 is 3.21. The molecule has 0 spiro atoms. The van der Waals surface area contributed by atoms with E-state index in [-0.39, 0.29) is 0 Å². The highest BCUT2D eigenvalue weighted by atomic mass is 32.2. The van der Waals surface area contributed by atoms with Crippen molar-refractivity contribution in [1.82, 2.24) is 4.98 Å². The quantitative estimate of drug-likeness (QED) is 0.865. The van der Waals surface area contributed by atoms with E-state index in [1.54, 1.807) is 23.1 Å². The van der Waals surface area contributed by atoms with Gasteiger partial charge in [0.1, 0.15) is 11.1 Å². The van der Waals surface area contributed by atoms with E-state index in [4.69, 9.17) is 0 Å². The van der Waals surface area contributed by atoms with E-state index in [1.165, 1.54) is 0 Å². The minimum Gasteiger partial charge on any atom is -0.377 e. The Morgan fingerprint density at radius 1 is 1.50 bits per heavy atom. The van der Waals surface area contributed by atoms with E-state index in [9.17, 15) is 5.26 Å². The number of aromatic nitrogens is 1. The molecule has 3 nitrogen and oxygen atoms in total. The molecule has 2 aromatic rings. The van der Waals surface area contributed by atoms with E-state index >= 15 is 0 Å². The maximum atomic E-state index is 9.22. The molecule has 0 amide bonds. The van der Waals surface area contributed by atoms with Crippen molar-refractivity contribution in [1.29, 1.82) is 5.26 Å². The fraction of sp³-hybridized carbons (Fsp3) is 0.231. The van der Waals surface area contributed by atoms with Gasteiger partial charge in [0, 0.05) is 16.0 Å². The second-order valence-corrected chi connectivity index (χ2v) is 5.52. The number of hydrogen-bond acceptors (Lipinski definition) is 5. The summed E-state index contributed by atoms with van der Waals surface area (Å²) in [7, 11) is 0. The summed E-state index contributed by atoms with van der Waals surface area (Å²) < 4.78 is 0. The van der Waals surface area contributed by atoms with Crippen LogP contribution >= 0.6 is 23.1 Å². The summed E-state index contributed by atoms with van der Waals surface area (Å²) in [5.41, 5.74) is 2.62. The number of thioether (sulfide) groups is 1. The molecule has 0 bridgehead atoms. The van der Waals surface area contributed by atoms with Crippen molar-refractivity contribution in [2.45, 2.75) is 18.4 Å². The summed E-state index contributed by atoms with van der Waals surface area (Å²) in [4.78, 5) is 5.39. The SMILES string of the molecule is CSc1cccc(NCc2nc(C)cs2)c1C#N. The molecular weight excluding hydrogens is 262 g/mol. The molecule has 2 rings (SSSR count).